The Kier molecular flexibility index (Phi) is 10.9. The fourth-order valence-corrected chi connectivity index (χ4v) is 6.33. The van der Waals surface area contributed by atoms with Crippen LogP contribution in [0.15, 0.2) is 60.7 Å². The molecule has 0 atom stereocenters. The molecule has 164 valence electrons. The largest absolute Gasteiger partial charge is 0.342 e. The lowest BCUT2D eigenvalue weighted by Crippen LogP contribution is -2.37. The summed E-state index contributed by atoms with van der Waals surface area (Å²) >= 11 is 0. The molecule has 2 aromatic carbocycles. The maximum absolute atomic E-state index is 14.2. The summed E-state index contributed by atoms with van der Waals surface area (Å²) in [6, 6.07) is 19.1. The third kappa shape index (κ3) is 7.43. The van der Waals surface area contributed by atoms with Gasteiger partial charge in [0, 0.05) is 23.7 Å². The van der Waals surface area contributed by atoms with E-state index in [1.807, 2.05) is 65.6 Å². The minimum Gasteiger partial charge on any atom is -0.342 e. The summed E-state index contributed by atoms with van der Waals surface area (Å²) in [6.07, 6.45) is 9.16. The van der Waals surface area contributed by atoms with Gasteiger partial charge in [-0.2, -0.15) is 0 Å². The van der Waals surface area contributed by atoms with Crippen molar-refractivity contribution in [3.05, 3.63) is 60.7 Å². The monoisotopic (exact) mass is 427 g/mol. The van der Waals surface area contributed by atoms with E-state index in [-0.39, 0.29) is 12.1 Å². The van der Waals surface area contributed by atoms with Gasteiger partial charge < -0.3 is 9.46 Å². The Morgan fingerprint density at radius 3 is 1.53 bits per heavy atom. The number of nitrogens with zero attached hydrogens (tertiary/aromatic N) is 1. The first kappa shape index (κ1) is 24.4. The summed E-state index contributed by atoms with van der Waals surface area (Å²) in [7, 11) is -3.01. The Labute approximate surface area is 183 Å². The number of benzene rings is 2. The van der Waals surface area contributed by atoms with Gasteiger partial charge in [0.2, 0.25) is 5.91 Å². The van der Waals surface area contributed by atoms with Crippen LogP contribution in [0.1, 0.15) is 65.2 Å². The van der Waals surface area contributed by atoms with Crippen LogP contribution in [0, 0.1) is 0 Å². The molecule has 0 N–H and O–H groups in total. The van der Waals surface area contributed by atoms with E-state index >= 15 is 0 Å². The Hall–Kier alpha value is -1.86. The first-order valence-corrected chi connectivity index (χ1v) is 13.5. The van der Waals surface area contributed by atoms with E-state index in [9.17, 15) is 9.36 Å². The van der Waals surface area contributed by atoms with Crippen LogP contribution in [0.25, 0.3) is 0 Å². The van der Waals surface area contributed by atoms with Crippen LogP contribution in [-0.4, -0.2) is 30.1 Å². The average Bonchev–Trinajstić information content (AvgIpc) is 2.79. The molecular formula is C26H38NO2P. The van der Waals surface area contributed by atoms with Crippen LogP contribution in [0.3, 0.4) is 0 Å². The molecule has 0 aromatic heterocycles. The van der Waals surface area contributed by atoms with E-state index in [4.69, 9.17) is 0 Å². The van der Waals surface area contributed by atoms with Crippen molar-refractivity contribution >= 4 is 23.7 Å². The minimum atomic E-state index is -3.01. The van der Waals surface area contributed by atoms with Crippen LogP contribution in [0.5, 0.6) is 0 Å². The second kappa shape index (κ2) is 13.4. The van der Waals surface area contributed by atoms with E-state index in [1.165, 1.54) is 25.7 Å². The quantitative estimate of drug-likeness (QED) is 0.274. The number of hydrogen-bond acceptors (Lipinski definition) is 2. The van der Waals surface area contributed by atoms with E-state index in [0.717, 1.165) is 49.4 Å². The topological polar surface area (TPSA) is 37.4 Å². The zero-order chi connectivity index (χ0) is 21.7. The summed E-state index contributed by atoms with van der Waals surface area (Å²) in [5.41, 5.74) is 0. The normalized spacial score (nSPS) is 11.4. The van der Waals surface area contributed by atoms with Crippen molar-refractivity contribution in [2.24, 2.45) is 0 Å². The lowest BCUT2D eigenvalue weighted by atomic mass is 10.1. The zero-order valence-corrected chi connectivity index (χ0v) is 19.7. The second-order valence-corrected chi connectivity index (χ2v) is 10.9. The van der Waals surface area contributed by atoms with Crippen LogP contribution in [0.4, 0.5) is 0 Å². The first-order valence-electron chi connectivity index (χ1n) is 11.6. The highest BCUT2D eigenvalue weighted by molar-refractivity contribution is 7.79. The van der Waals surface area contributed by atoms with Crippen LogP contribution in [0.2, 0.25) is 0 Å². The van der Waals surface area contributed by atoms with Crippen molar-refractivity contribution in [2.45, 2.75) is 65.2 Å². The lowest BCUT2D eigenvalue weighted by Gasteiger charge is -2.26. The van der Waals surface area contributed by atoms with Crippen molar-refractivity contribution in [1.29, 1.82) is 0 Å². The van der Waals surface area contributed by atoms with E-state index in [2.05, 4.69) is 13.8 Å². The molecule has 1 amide bonds. The number of unbranched alkanes of at least 4 members (excludes halogenated alkanes) is 6. The van der Waals surface area contributed by atoms with Gasteiger partial charge in [-0.25, -0.2) is 0 Å². The van der Waals surface area contributed by atoms with E-state index in [0.29, 0.717) is 0 Å². The first-order chi connectivity index (χ1) is 14.6. The fourth-order valence-electron chi connectivity index (χ4n) is 3.78. The van der Waals surface area contributed by atoms with Crippen molar-refractivity contribution in [3.63, 3.8) is 0 Å². The van der Waals surface area contributed by atoms with Crippen LogP contribution < -0.4 is 10.6 Å². The van der Waals surface area contributed by atoms with Crippen LogP contribution in [-0.2, 0) is 9.36 Å². The number of carbonyl (C=O) groups excluding carboxylic acids is 1. The third-order valence-electron chi connectivity index (χ3n) is 5.62. The third-order valence-corrected chi connectivity index (χ3v) is 8.60. The van der Waals surface area contributed by atoms with Gasteiger partial charge in [0.15, 0.2) is 7.14 Å². The van der Waals surface area contributed by atoms with Crippen LogP contribution >= 0.6 is 7.14 Å². The number of rotatable bonds is 14. The number of amides is 1. The molecule has 0 saturated heterocycles. The minimum absolute atomic E-state index is 0.0269. The van der Waals surface area contributed by atoms with Crippen molar-refractivity contribution in [2.75, 3.05) is 19.3 Å². The Morgan fingerprint density at radius 2 is 1.13 bits per heavy atom. The molecular weight excluding hydrogens is 389 g/mol. The second-order valence-electron chi connectivity index (χ2n) is 8.07. The van der Waals surface area contributed by atoms with Gasteiger partial charge >= 0.3 is 0 Å². The number of carbonyl (C=O) groups is 1. The maximum atomic E-state index is 14.2. The SMILES string of the molecule is CCCCCCN(CCCCCC)C(=O)CP(=O)(c1ccccc1)c1ccccc1. The van der Waals surface area contributed by atoms with Gasteiger partial charge in [-0.3, -0.25) is 4.79 Å². The fraction of sp³-hybridized carbons (Fsp3) is 0.500. The molecule has 0 aliphatic carbocycles. The van der Waals surface area contributed by atoms with Gasteiger partial charge in [-0.05, 0) is 12.8 Å². The lowest BCUT2D eigenvalue weighted by molar-refractivity contribution is -0.128. The van der Waals surface area contributed by atoms with E-state index < -0.39 is 7.14 Å². The Morgan fingerprint density at radius 1 is 0.700 bits per heavy atom. The highest BCUT2D eigenvalue weighted by atomic mass is 31.2. The molecule has 2 rings (SSSR count). The molecule has 0 bridgehead atoms. The average molecular weight is 428 g/mol. The van der Waals surface area contributed by atoms with Gasteiger partial charge in [0.1, 0.15) is 0 Å². The molecule has 3 nitrogen and oxygen atoms in total. The summed E-state index contributed by atoms with van der Waals surface area (Å²) in [5.74, 6) is 0.0269. The summed E-state index contributed by atoms with van der Waals surface area (Å²) in [5, 5.41) is 1.53. The van der Waals surface area contributed by atoms with Gasteiger partial charge in [0.05, 0.1) is 6.16 Å². The Bertz CT molecular complexity index is 721. The summed E-state index contributed by atoms with van der Waals surface area (Å²) in [4.78, 5) is 15.4. The molecule has 2 aromatic rings. The van der Waals surface area contributed by atoms with Gasteiger partial charge in [0.25, 0.3) is 0 Å². The van der Waals surface area contributed by atoms with Crippen molar-refractivity contribution in [1.82, 2.24) is 4.90 Å². The molecule has 0 saturated carbocycles. The molecule has 0 unspecified atom stereocenters. The van der Waals surface area contributed by atoms with Gasteiger partial charge in [-0.1, -0.05) is 113 Å². The predicted octanol–water partition coefficient (Wildman–Crippen LogP) is 5.99. The van der Waals surface area contributed by atoms with Gasteiger partial charge in [-0.15, -0.1) is 0 Å². The number of hydrogen-bond donors (Lipinski definition) is 0. The highest BCUT2D eigenvalue weighted by Crippen LogP contribution is 2.43. The molecule has 0 radical (unpaired) electrons. The predicted molar refractivity (Wildman–Crippen MR) is 129 cm³/mol. The maximum Gasteiger partial charge on any atom is 0.230 e. The molecule has 4 heteroatoms. The summed E-state index contributed by atoms with van der Waals surface area (Å²) < 4.78 is 14.2. The molecule has 0 fully saturated rings. The molecule has 0 aliphatic rings. The molecule has 0 heterocycles. The molecule has 30 heavy (non-hydrogen) atoms. The zero-order valence-electron chi connectivity index (χ0n) is 18.8. The Balaban J connectivity index is 2.19. The highest BCUT2D eigenvalue weighted by Gasteiger charge is 2.31. The van der Waals surface area contributed by atoms with Crippen molar-refractivity contribution < 1.29 is 9.36 Å². The smallest absolute Gasteiger partial charge is 0.230 e. The van der Waals surface area contributed by atoms with Crippen molar-refractivity contribution in [3.8, 4) is 0 Å². The summed E-state index contributed by atoms with van der Waals surface area (Å²) in [6.45, 7) is 5.94. The molecule has 0 spiro atoms. The standard InChI is InChI=1S/C26H38NO2P/c1-3-5-7-15-21-27(22-16-8-6-4-2)26(28)23-30(29,24-17-11-9-12-18-24)25-19-13-10-14-20-25/h9-14,17-20H,3-8,15-16,21-23H2,1-2H3. The molecule has 0 aliphatic heterocycles. The van der Waals surface area contributed by atoms with E-state index in [1.54, 1.807) is 0 Å².